The Hall–Kier alpha value is -4.50. The monoisotopic (exact) mass is 495 g/mol. The lowest BCUT2D eigenvalue weighted by molar-refractivity contribution is -0.112. The summed E-state index contributed by atoms with van der Waals surface area (Å²) < 4.78 is 1.98. The van der Waals surface area contributed by atoms with E-state index in [9.17, 15) is 9.59 Å². The molecular weight excluding hydrogens is 466 g/mol. The van der Waals surface area contributed by atoms with Gasteiger partial charge in [0, 0.05) is 42.0 Å². The van der Waals surface area contributed by atoms with Gasteiger partial charge >= 0.3 is 0 Å². The normalized spacial score (nSPS) is 15.0. The van der Waals surface area contributed by atoms with Gasteiger partial charge in [-0.15, -0.1) is 0 Å². The van der Waals surface area contributed by atoms with Crippen LogP contribution >= 0.6 is 0 Å². The Morgan fingerprint density at radius 1 is 1.08 bits per heavy atom. The second-order valence-corrected chi connectivity index (χ2v) is 9.29. The number of aromatic nitrogens is 3. The highest BCUT2D eigenvalue weighted by atomic mass is 16.2. The van der Waals surface area contributed by atoms with Crippen molar-refractivity contribution in [1.29, 1.82) is 0 Å². The molecule has 2 aromatic carbocycles. The fourth-order valence-electron chi connectivity index (χ4n) is 4.68. The molecule has 2 aromatic heterocycles. The zero-order valence-electron chi connectivity index (χ0n) is 20.8. The zero-order chi connectivity index (χ0) is 26.1. The van der Waals surface area contributed by atoms with Gasteiger partial charge in [0.25, 0.3) is 11.8 Å². The maximum absolute atomic E-state index is 12.7. The molecular formula is C28H29N7O2. The molecule has 0 radical (unpaired) electrons. The van der Waals surface area contributed by atoms with Gasteiger partial charge in [0.05, 0.1) is 11.1 Å². The molecule has 37 heavy (non-hydrogen) atoms. The number of nitrogens with two attached hydrogens (primary N) is 1. The van der Waals surface area contributed by atoms with E-state index < -0.39 is 0 Å². The average molecular weight is 496 g/mol. The SMILES string of the molecule is C=C(C)C(=O)Nc1ccc(-c2c(-c3ccc(C(=O)NC4CCNC4)cc3)c3c(N)ncnc3n2C)cc1. The van der Waals surface area contributed by atoms with E-state index in [0.29, 0.717) is 28.3 Å². The molecule has 5 rings (SSSR count). The maximum atomic E-state index is 12.7. The Morgan fingerprint density at radius 3 is 2.43 bits per heavy atom. The van der Waals surface area contributed by atoms with Crippen LogP contribution in [0.5, 0.6) is 0 Å². The first-order valence-electron chi connectivity index (χ1n) is 12.1. The molecule has 1 atom stereocenters. The molecule has 4 aromatic rings. The van der Waals surface area contributed by atoms with Crippen LogP contribution in [0.25, 0.3) is 33.4 Å². The van der Waals surface area contributed by atoms with E-state index in [2.05, 4.69) is 32.5 Å². The lowest BCUT2D eigenvalue weighted by Gasteiger charge is -2.13. The number of carbonyl (C=O) groups excluding carboxylic acids is 2. The number of fused-ring (bicyclic) bond motifs is 1. The number of aryl methyl sites for hydroxylation is 1. The number of carbonyl (C=O) groups is 2. The first kappa shape index (κ1) is 24.2. The van der Waals surface area contributed by atoms with Crippen molar-refractivity contribution in [3.05, 3.63) is 72.6 Å². The molecule has 1 aliphatic rings. The van der Waals surface area contributed by atoms with Crippen molar-refractivity contribution in [2.75, 3.05) is 24.1 Å². The van der Waals surface area contributed by atoms with Crippen LogP contribution in [0.15, 0.2) is 67.0 Å². The molecule has 5 N–H and O–H groups in total. The van der Waals surface area contributed by atoms with Crippen molar-refractivity contribution in [3.63, 3.8) is 0 Å². The number of nitrogens with one attached hydrogen (secondary N) is 3. The number of nitrogens with zero attached hydrogens (tertiary/aromatic N) is 3. The minimum Gasteiger partial charge on any atom is -0.383 e. The second-order valence-electron chi connectivity index (χ2n) is 9.29. The molecule has 0 bridgehead atoms. The Balaban J connectivity index is 1.55. The summed E-state index contributed by atoms with van der Waals surface area (Å²) in [6.07, 6.45) is 2.38. The van der Waals surface area contributed by atoms with Crippen LogP contribution in [0.1, 0.15) is 23.7 Å². The van der Waals surface area contributed by atoms with Gasteiger partial charge in [-0.05, 0) is 55.3 Å². The van der Waals surface area contributed by atoms with E-state index in [1.54, 1.807) is 6.92 Å². The molecule has 9 heteroatoms. The van der Waals surface area contributed by atoms with Crippen LogP contribution in [0.2, 0.25) is 0 Å². The van der Waals surface area contributed by atoms with E-state index in [4.69, 9.17) is 5.73 Å². The fraction of sp³-hybridized carbons (Fsp3) is 0.214. The second kappa shape index (κ2) is 9.87. The highest BCUT2D eigenvalue weighted by molar-refractivity contribution is 6.08. The highest BCUT2D eigenvalue weighted by Crippen LogP contribution is 2.41. The quantitative estimate of drug-likeness (QED) is 0.303. The van der Waals surface area contributed by atoms with Gasteiger partial charge < -0.3 is 26.3 Å². The predicted molar refractivity (Wildman–Crippen MR) is 146 cm³/mol. The van der Waals surface area contributed by atoms with Crippen molar-refractivity contribution in [2.24, 2.45) is 7.05 Å². The van der Waals surface area contributed by atoms with E-state index in [0.717, 1.165) is 47.3 Å². The Bertz CT molecular complexity index is 1500. The molecule has 0 spiro atoms. The van der Waals surface area contributed by atoms with Crippen molar-refractivity contribution < 1.29 is 9.59 Å². The summed E-state index contributed by atoms with van der Waals surface area (Å²) in [5, 5.41) is 9.91. The summed E-state index contributed by atoms with van der Waals surface area (Å²) in [5.41, 5.74) is 12.3. The summed E-state index contributed by atoms with van der Waals surface area (Å²) in [5.74, 6) is 0.0609. The van der Waals surface area contributed by atoms with Crippen LogP contribution in [-0.4, -0.2) is 45.5 Å². The molecule has 1 saturated heterocycles. The summed E-state index contributed by atoms with van der Waals surface area (Å²) in [4.78, 5) is 33.5. The highest BCUT2D eigenvalue weighted by Gasteiger charge is 2.23. The van der Waals surface area contributed by atoms with Crippen molar-refractivity contribution in [3.8, 4) is 22.4 Å². The number of hydrogen-bond donors (Lipinski definition) is 4. The Morgan fingerprint density at radius 2 is 1.78 bits per heavy atom. The van der Waals surface area contributed by atoms with Gasteiger partial charge in [-0.3, -0.25) is 9.59 Å². The summed E-state index contributed by atoms with van der Waals surface area (Å²) in [6.45, 7) is 7.05. The minimum absolute atomic E-state index is 0.0892. The largest absolute Gasteiger partial charge is 0.383 e. The minimum atomic E-state index is -0.227. The molecule has 0 aliphatic carbocycles. The van der Waals surface area contributed by atoms with Crippen molar-refractivity contribution >= 4 is 34.4 Å². The van der Waals surface area contributed by atoms with Gasteiger partial charge in [0.15, 0.2) is 0 Å². The first-order valence-corrected chi connectivity index (χ1v) is 12.1. The lowest BCUT2D eigenvalue weighted by atomic mass is 9.97. The molecule has 1 unspecified atom stereocenters. The number of nitrogen functional groups attached to an aromatic ring is 1. The smallest absolute Gasteiger partial charge is 0.251 e. The summed E-state index contributed by atoms with van der Waals surface area (Å²) in [7, 11) is 1.93. The van der Waals surface area contributed by atoms with Gasteiger partial charge in [-0.1, -0.05) is 30.8 Å². The Labute approximate surface area is 214 Å². The number of rotatable bonds is 6. The molecule has 9 nitrogen and oxygen atoms in total. The molecule has 0 saturated carbocycles. The number of amides is 2. The Kier molecular flexibility index (Phi) is 6.45. The maximum Gasteiger partial charge on any atom is 0.251 e. The zero-order valence-corrected chi connectivity index (χ0v) is 20.8. The summed E-state index contributed by atoms with van der Waals surface area (Å²) >= 11 is 0. The summed E-state index contributed by atoms with van der Waals surface area (Å²) in [6, 6.07) is 15.2. The average Bonchev–Trinajstić information content (AvgIpc) is 3.51. The molecule has 2 amide bonds. The van der Waals surface area contributed by atoms with Gasteiger partial charge in [-0.2, -0.15) is 0 Å². The number of hydrogen-bond acceptors (Lipinski definition) is 6. The van der Waals surface area contributed by atoms with Gasteiger partial charge in [0.1, 0.15) is 17.8 Å². The van der Waals surface area contributed by atoms with Crippen molar-refractivity contribution in [1.82, 2.24) is 25.2 Å². The van der Waals surface area contributed by atoms with Crippen LogP contribution in [0.4, 0.5) is 11.5 Å². The number of benzene rings is 2. The third-order valence-electron chi connectivity index (χ3n) is 6.63. The van der Waals surface area contributed by atoms with E-state index >= 15 is 0 Å². The number of anilines is 2. The van der Waals surface area contributed by atoms with Crippen LogP contribution in [0, 0.1) is 0 Å². The first-order chi connectivity index (χ1) is 17.8. The van der Waals surface area contributed by atoms with Crippen LogP contribution in [-0.2, 0) is 11.8 Å². The van der Waals surface area contributed by atoms with E-state index in [1.807, 2.05) is 60.1 Å². The van der Waals surface area contributed by atoms with E-state index in [-0.39, 0.29) is 17.9 Å². The molecule has 3 heterocycles. The lowest BCUT2D eigenvalue weighted by Crippen LogP contribution is -2.36. The topological polar surface area (TPSA) is 127 Å². The van der Waals surface area contributed by atoms with Crippen molar-refractivity contribution in [2.45, 2.75) is 19.4 Å². The van der Waals surface area contributed by atoms with Gasteiger partial charge in [0.2, 0.25) is 0 Å². The van der Waals surface area contributed by atoms with Gasteiger partial charge in [-0.25, -0.2) is 9.97 Å². The fourth-order valence-corrected chi connectivity index (χ4v) is 4.68. The van der Waals surface area contributed by atoms with E-state index in [1.165, 1.54) is 6.33 Å². The standard InChI is InChI=1S/C28H29N7O2/c1-16(2)27(36)33-20-10-8-18(9-11-20)24-22(23-25(29)31-15-32-26(23)35(24)3)17-4-6-19(7-5-17)28(37)34-21-12-13-30-14-21/h4-11,15,21,30H,1,12-14H2,2-3H3,(H,33,36)(H,34,37)(H2,29,31,32). The molecule has 188 valence electrons. The van der Waals surface area contributed by atoms with Crippen LogP contribution < -0.4 is 21.7 Å². The predicted octanol–water partition coefficient (Wildman–Crippen LogP) is 3.49. The molecule has 1 fully saturated rings. The third-order valence-corrected chi connectivity index (χ3v) is 6.63. The van der Waals surface area contributed by atoms with Crippen LogP contribution in [0.3, 0.4) is 0 Å². The third kappa shape index (κ3) is 4.68. The molecule has 1 aliphatic heterocycles.